The van der Waals surface area contributed by atoms with E-state index in [4.69, 9.17) is 17.6 Å². The fourth-order valence-corrected chi connectivity index (χ4v) is 8.78. The van der Waals surface area contributed by atoms with Gasteiger partial charge in [-0.05, 0) is 95.6 Å². The van der Waals surface area contributed by atoms with Gasteiger partial charge in [-0.2, -0.15) is 59.9 Å². The average Bonchev–Trinajstić information content (AvgIpc) is 3.82. The van der Waals surface area contributed by atoms with Gasteiger partial charge >= 0.3 is 38.6 Å². The molecule has 0 saturated heterocycles. The number of hydrogen-bond acceptors (Lipinski definition) is 9. The van der Waals surface area contributed by atoms with Gasteiger partial charge in [0.25, 0.3) is 0 Å². The summed E-state index contributed by atoms with van der Waals surface area (Å²) in [5.74, 6) is -0.554. The molecule has 2 N–H and O–H groups in total. The minimum Gasteiger partial charge on any atom is -0.544 e. The first kappa shape index (κ1) is 52.1. The summed E-state index contributed by atoms with van der Waals surface area (Å²) in [6.07, 6.45) is -14.2. The van der Waals surface area contributed by atoms with Crippen LogP contribution < -0.4 is 0 Å². The molecule has 0 saturated carbocycles. The summed E-state index contributed by atoms with van der Waals surface area (Å²) in [5.41, 5.74) is -8.60. The molecule has 0 atom stereocenters. The number of rotatable bonds is 4. The summed E-state index contributed by atoms with van der Waals surface area (Å²) in [6, 6.07) is 43.5. The van der Waals surface area contributed by atoms with Crippen molar-refractivity contribution < 1.29 is 74.2 Å². The van der Waals surface area contributed by atoms with E-state index in [1.165, 1.54) is 6.07 Å². The number of nitrogens with zero attached hydrogens (tertiary/aromatic N) is 6. The van der Waals surface area contributed by atoms with Gasteiger partial charge in [0.15, 0.2) is 0 Å². The standard InChI is InChI=1S/C29H12F9N2O.2C14H9N2O.Ir/c30-27(31,32)20-10-9-17(23(28(33,34)35)24(20)29(36,37)38)25-18-11-14-5-1-2-6-15(14)12-19(18)26(40-39-25)22-13-16-7-3-4-8-21(16)41-22;2*1-9(17)14-13-7-11-5-3-2-4-10(11)6-12(13)8-15-16-14;/h1-12H;2*1-8,17H;/q3*-1;+3. The van der Waals surface area contributed by atoms with Gasteiger partial charge in [0.2, 0.25) is 0 Å². The molecule has 76 heavy (non-hydrogen) atoms. The maximum atomic E-state index is 14.3. The molecule has 4 aromatic heterocycles. The van der Waals surface area contributed by atoms with Crippen LogP contribution in [0.3, 0.4) is 0 Å². The number of aliphatic hydroxyl groups is 2. The van der Waals surface area contributed by atoms with Gasteiger partial charge in [0.05, 0.1) is 46.2 Å². The molecule has 0 radical (unpaired) electrons. The Morgan fingerprint density at radius 2 is 0.855 bits per heavy atom. The fourth-order valence-electron chi connectivity index (χ4n) is 8.78. The van der Waals surface area contributed by atoms with Crippen LogP contribution in [0.15, 0.2) is 162 Å². The van der Waals surface area contributed by atoms with E-state index in [0.717, 1.165) is 43.1 Å². The summed E-state index contributed by atoms with van der Waals surface area (Å²) in [5, 5.41) is 51.5. The second-order valence-electron chi connectivity index (χ2n) is 16.8. The molecule has 8 aromatic carbocycles. The van der Waals surface area contributed by atoms with E-state index in [1.54, 1.807) is 67.0 Å². The predicted molar refractivity (Wildman–Crippen MR) is 266 cm³/mol. The molecule has 12 rings (SSSR count). The molecule has 12 aromatic rings. The Kier molecular flexibility index (Phi) is 13.8. The third kappa shape index (κ3) is 10.1. The molecule has 0 bridgehead atoms. The molecule has 0 aliphatic carbocycles. The zero-order valence-electron chi connectivity index (χ0n) is 38.4. The van der Waals surface area contributed by atoms with Crippen LogP contribution in [0.2, 0.25) is 0 Å². The molecule has 4 heterocycles. The first-order chi connectivity index (χ1) is 35.7. The van der Waals surface area contributed by atoms with Crippen LogP contribution in [0, 0.1) is 19.2 Å². The smallest absolute Gasteiger partial charge is 0.544 e. The molecule has 0 unspecified atom stereocenters. The predicted octanol–water partition coefficient (Wildman–Crippen LogP) is 15.9. The Morgan fingerprint density at radius 1 is 0.447 bits per heavy atom. The Balaban J connectivity index is 0.000000165. The number of para-hydroxylation sites is 1. The number of benzene rings is 8. The summed E-state index contributed by atoms with van der Waals surface area (Å²) in [6.45, 7) is 10.8. The van der Waals surface area contributed by atoms with Gasteiger partial charge in [0.1, 0.15) is 0 Å². The van der Waals surface area contributed by atoms with Gasteiger partial charge in [-0.1, -0.05) is 126 Å². The Morgan fingerprint density at radius 3 is 1.29 bits per heavy atom. The van der Waals surface area contributed by atoms with Crippen molar-refractivity contribution in [3.8, 4) is 22.7 Å². The van der Waals surface area contributed by atoms with Gasteiger partial charge in [-0.25, -0.2) is 23.4 Å². The van der Waals surface area contributed by atoms with E-state index >= 15 is 0 Å². The van der Waals surface area contributed by atoms with E-state index in [2.05, 4.69) is 36.7 Å². The maximum absolute atomic E-state index is 14.3. The number of halogens is 9. The molecule has 0 spiro atoms. The monoisotopic (exact) mass is 1210 g/mol. The quantitative estimate of drug-likeness (QED) is 0.0765. The van der Waals surface area contributed by atoms with Gasteiger partial charge in [-0.3, -0.25) is 0 Å². The SMILES string of the molecule is FC(F)(F)c1ccc(-c2nnc(-c3[c-]c4ccccc4o3)c3cc4ccccc4cc23)c(C(F)(F)F)c1C(F)(F)F.[CH-]=C(O)c1nncc2cc3ccccc3cc12.[CH-]=C(O)c1nncc2cc3ccccc3cc12.[Ir+3]. The van der Waals surface area contributed by atoms with Crippen molar-refractivity contribution in [2.24, 2.45) is 0 Å². The van der Waals surface area contributed by atoms with E-state index in [-0.39, 0.29) is 59.9 Å². The molecule has 9 nitrogen and oxygen atoms in total. The third-order valence-corrected chi connectivity index (χ3v) is 12.1. The van der Waals surface area contributed by atoms with Gasteiger partial charge in [-0.15, -0.1) is 17.5 Å². The van der Waals surface area contributed by atoms with Crippen molar-refractivity contribution in [3.63, 3.8) is 0 Å². The average molecular weight is 1210 g/mol. The van der Waals surface area contributed by atoms with Crippen molar-refractivity contribution in [2.75, 3.05) is 0 Å². The van der Waals surface area contributed by atoms with Crippen LogP contribution >= 0.6 is 0 Å². The van der Waals surface area contributed by atoms with E-state index < -0.39 is 46.5 Å². The number of hydrogen-bond donors (Lipinski definition) is 2. The number of aliphatic hydroxyl groups excluding tert-OH is 2. The molecule has 0 aliphatic rings. The maximum Gasteiger partial charge on any atom is 3.00 e. The minimum atomic E-state index is -6.00. The minimum absolute atomic E-state index is 0. The van der Waals surface area contributed by atoms with E-state index in [0.29, 0.717) is 39.2 Å². The molecule has 378 valence electrons. The Hall–Kier alpha value is -8.80. The van der Waals surface area contributed by atoms with Crippen molar-refractivity contribution >= 4 is 87.1 Å². The number of furan rings is 1. The molecule has 0 amide bonds. The van der Waals surface area contributed by atoms with Crippen molar-refractivity contribution in [2.45, 2.75) is 18.5 Å². The van der Waals surface area contributed by atoms with Crippen LogP contribution in [0.4, 0.5) is 39.5 Å². The summed E-state index contributed by atoms with van der Waals surface area (Å²) < 4.78 is 131. The Labute approximate surface area is 436 Å². The first-order valence-electron chi connectivity index (χ1n) is 22.2. The number of alkyl halides is 9. The second-order valence-corrected chi connectivity index (χ2v) is 16.8. The zero-order chi connectivity index (χ0) is 53.0. The second kappa shape index (κ2) is 20.1. The molecule has 0 aliphatic heterocycles. The number of aromatic nitrogens is 6. The fraction of sp³-hybridized carbons (Fsp3) is 0.0526. The molecular formula is C57H30F9IrN6O3. The normalized spacial score (nSPS) is 11.9. The molecule has 19 heteroatoms. The van der Waals surface area contributed by atoms with Crippen LogP contribution in [0.1, 0.15) is 28.1 Å². The molecule has 0 fully saturated rings. The van der Waals surface area contributed by atoms with Crippen molar-refractivity contribution in [1.29, 1.82) is 0 Å². The zero-order valence-corrected chi connectivity index (χ0v) is 40.8. The van der Waals surface area contributed by atoms with Crippen LogP contribution in [-0.2, 0) is 38.6 Å². The van der Waals surface area contributed by atoms with Gasteiger partial charge in [0, 0.05) is 16.5 Å². The van der Waals surface area contributed by atoms with E-state index in [1.807, 2.05) is 72.8 Å². The van der Waals surface area contributed by atoms with Gasteiger partial charge < -0.3 is 14.6 Å². The van der Waals surface area contributed by atoms with Crippen molar-refractivity contribution in [1.82, 2.24) is 30.6 Å². The summed E-state index contributed by atoms with van der Waals surface area (Å²) >= 11 is 0. The van der Waals surface area contributed by atoms with Crippen LogP contribution in [-0.4, -0.2) is 40.8 Å². The molecular weight excluding hydrogens is 1180 g/mol. The third-order valence-electron chi connectivity index (χ3n) is 12.1. The first-order valence-corrected chi connectivity index (χ1v) is 22.2. The Bertz CT molecular complexity index is 4090. The van der Waals surface area contributed by atoms with E-state index in [9.17, 15) is 49.7 Å². The largest absolute Gasteiger partial charge is 3.00 e. The van der Waals surface area contributed by atoms with Crippen LogP contribution in [0.5, 0.6) is 0 Å². The van der Waals surface area contributed by atoms with Crippen molar-refractivity contribution in [3.05, 3.63) is 205 Å². The summed E-state index contributed by atoms with van der Waals surface area (Å²) in [7, 11) is 0. The topological polar surface area (TPSA) is 131 Å². The summed E-state index contributed by atoms with van der Waals surface area (Å²) in [4.78, 5) is 0. The van der Waals surface area contributed by atoms with Crippen LogP contribution in [0.25, 0.3) is 110 Å². The number of fused-ring (bicyclic) bond motifs is 7.